The number of nitrogens with one attached hydrogen (secondary N) is 2. The Balaban J connectivity index is 1.88. The zero-order chi connectivity index (χ0) is 22.8. The van der Waals surface area contributed by atoms with Crippen molar-refractivity contribution in [2.75, 3.05) is 0 Å². The highest BCUT2D eigenvalue weighted by molar-refractivity contribution is 5.98. The average Bonchev–Trinajstić information content (AvgIpc) is 3.50. The number of rotatable bonds is 6. The maximum absolute atomic E-state index is 13.1. The van der Waals surface area contributed by atoms with Gasteiger partial charge >= 0.3 is 12.4 Å². The smallest absolute Gasteiger partial charge is 0.352 e. The molecule has 2 N–H and O–H groups in total. The second-order valence-corrected chi connectivity index (χ2v) is 7.29. The molecule has 10 heteroatoms. The highest BCUT2D eigenvalue weighted by Crippen LogP contribution is 2.36. The molecule has 1 saturated carbocycles. The average molecular weight is 444 g/mol. The van der Waals surface area contributed by atoms with Gasteiger partial charge in [0.25, 0.3) is 5.91 Å². The summed E-state index contributed by atoms with van der Waals surface area (Å²) in [6.07, 6.45) is -8.61. The fraction of sp³-hybridized carbons (Fsp3) is 0.333. The molecule has 3 rings (SSSR count). The molecule has 0 heterocycles. The van der Waals surface area contributed by atoms with Crippen molar-refractivity contribution in [1.29, 1.82) is 0 Å². The van der Waals surface area contributed by atoms with Crippen molar-refractivity contribution >= 4 is 11.8 Å². The molecule has 0 bridgehead atoms. The lowest BCUT2D eigenvalue weighted by Crippen LogP contribution is -2.48. The molecule has 0 saturated heterocycles. The minimum atomic E-state index is -5.08. The standard InChI is InChI=1S/C21H18F6N2O2/c22-20(23,24)14-9-13(10-15(11-14)21(25,26)27)18(30)29-17(19(31)28-16-6-7-16)8-12-4-2-1-3-5-12/h1-5,9-11,16-17H,6-8H2,(H,28,31)(H,29,30). The number of benzene rings is 2. The van der Waals surface area contributed by atoms with Crippen LogP contribution in [0.15, 0.2) is 48.5 Å². The molecule has 0 spiro atoms. The van der Waals surface area contributed by atoms with Gasteiger partial charge in [-0.2, -0.15) is 26.3 Å². The molecule has 1 unspecified atom stereocenters. The molecule has 2 aromatic carbocycles. The number of hydrogen-bond acceptors (Lipinski definition) is 2. The van der Waals surface area contributed by atoms with Crippen LogP contribution in [0.3, 0.4) is 0 Å². The van der Waals surface area contributed by atoms with Crippen molar-refractivity contribution in [1.82, 2.24) is 10.6 Å². The third-order valence-electron chi connectivity index (χ3n) is 4.68. The van der Waals surface area contributed by atoms with E-state index in [4.69, 9.17) is 0 Å². The molecule has 0 aliphatic heterocycles. The minimum absolute atomic E-state index is 0.0240. The molecule has 1 fully saturated rings. The Bertz CT molecular complexity index is 920. The Morgan fingerprint density at radius 2 is 1.45 bits per heavy atom. The number of carbonyl (C=O) groups is 2. The first-order valence-corrected chi connectivity index (χ1v) is 9.38. The Kier molecular flexibility index (Phi) is 6.28. The van der Waals surface area contributed by atoms with Gasteiger partial charge < -0.3 is 10.6 Å². The highest BCUT2D eigenvalue weighted by Gasteiger charge is 2.38. The fourth-order valence-electron chi connectivity index (χ4n) is 2.92. The molecule has 1 aliphatic rings. The first-order chi connectivity index (χ1) is 14.4. The van der Waals surface area contributed by atoms with E-state index in [1.165, 1.54) is 0 Å². The van der Waals surface area contributed by atoms with Gasteiger partial charge in [0.2, 0.25) is 5.91 Å². The van der Waals surface area contributed by atoms with E-state index < -0.39 is 46.9 Å². The van der Waals surface area contributed by atoms with Crippen LogP contribution in [0.1, 0.15) is 39.9 Å². The van der Waals surface area contributed by atoms with E-state index in [0.717, 1.165) is 12.8 Å². The van der Waals surface area contributed by atoms with E-state index in [1.807, 2.05) is 0 Å². The first-order valence-electron chi connectivity index (χ1n) is 9.38. The van der Waals surface area contributed by atoms with Gasteiger partial charge in [0.1, 0.15) is 6.04 Å². The van der Waals surface area contributed by atoms with Crippen LogP contribution in [0.5, 0.6) is 0 Å². The molecule has 2 aromatic rings. The quantitative estimate of drug-likeness (QED) is 0.652. The normalized spacial score (nSPS) is 15.3. The van der Waals surface area contributed by atoms with Crippen LogP contribution in [0.25, 0.3) is 0 Å². The lowest BCUT2D eigenvalue weighted by atomic mass is 10.0. The summed E-state index contributed by atoms with van der Waals surface area (Å²) in [7, 11) is 0. The Morgan fingerprint density at radius 1 is 0.903 bits per heavy atom. The molecule has 2 amide bonds. The highest BCUT2D eigenvalue weighted by atomic mass is 19.4. The molecule has 31 heavy (non-hydrogen) atoms. The number of alkyl halides is 6. The largest absolute Gasteiger partial charge is 0.416 e. The summed E-state index contributed by atoms with van der Waals surface area (Å²) in [6, 6.07) is 7.93. The molecule has 0 aromatic heterocycles. The van der Waals surface area contributed by atoms with Crippen LogP contribution < -0.4 is 10.6 Å². The van der Waals surface area contributed by atoms with Gasteiger partial charge in [0.15, 0.2) is 0 Å². The van der Waals surface area contributed by atoms with Gasteiger partial charge in [-0.1, -0.05) is 30.3 Å². The van der Waals surface area contributed by atoms with E-state index in [2.05, 4.69) is 10.6 Å². The summed E-state index contributed by atoms with van der Waals surface area (Å²) in [5.41, 5.74) is -3.37. The molecule has 4 nitrogen and oxygen atoms in total. The van der Waals surface area contributed by atoms with E-state index in [9.17, 15) is 35.9 Å². The van der Waals surface area contributed by atoms with Crippen LogP contribution in [0.4, 0.5) is 26.3 Å². The minimum Gasteiger partial charge on any atom is -0.352 e. The summed E-state index contributed by atoms with van der Waals surface area (Å²) in [5.74, 6) is -1.76. The predicted octanol–water partition coefficient (Wildman–Crippen LogP) is 4.34. The van der Waals surface area contributed by atoms with Crippen molar-refractivity contribution in [3.05, 3.63) is 70.8 Å². The van der Waals surface area contributed by atoms with Gasteiger partial charge in [-0.25, -0.2) is 0 Å². The van der Waals surface area contributed by atoms with E-state index in [1.54, 1.807) is 30.3 Å². The Hall–Kier alpha value is -3.04. The monoisotopic (exact) mass is 444 g/mol. The van der Waals surface area contributed by atoms with E-state index in [0.29, 0.717) is 17.7 Å². The van der Waals surface area contributed by atoms with Gasteiger partial charge in [-0.3, -0.25) is 9.59 Å². The van der Waals surface area contributed by atoms with Crippen LogP contribution in [0.2, 0.25) is 0 Å². The number of amides is 2. The van der Waals surface area contributed by atoms with Crippen molar-refractivity contribution in [2.24, 2.45) is 0 Å². The first kappa shape index (κ1) is 22.6. The summed E-state index contributed by atoms with van der Waals surface area (Å²) in [5, 5.41) is 4.98. The van der Waals surface area contributed by atoms with Crippen molar-refractivity contribution < 1.29 is 35.9 Å². The zero-order valence-electron chi connectivity index (χ0n) is 16.0. The maximum atomic E-state index is 13.1. The predicted molar refractivity (Wildman–Crippen MR) is 99.0 cm³/mol. The van der Waals surface area contributed by atoms with Gasteiger partial charge in [-0.15, -0.1) is 0 Å². The maximum Gasteiger partial charge on any atom is 0.416 e. The number of carbonyl (C=O) groups excluding carboxylic acids is 2. The molecule has 166 valence electrons. The fourth-order valence-corrected chi connectivity index (χ4v) is 2.92. The Labute approximate surface area is 173 Å². The van der Waals surface area contributed by atoms with E-state index in [-0.39, 0.29) is 18.5 Å². The summed E-state index contributed by atoms with van der Waals surface area (Å²) in [4.78, 5) is 25.1. The molecule has 1 aliphatic carbocycles. The molecular weight excluding hydrogens is 426 g/mol. The van der Waals surface area contributed by atoms with Crippen LogP contribution in [0, 0.1) is 0 Å². The second kappa shape index (κ2) is 8.60. The molecule has 0 radical (unpaired) electrons. The SMILES string of the molecule is O=C(NC(Cc1ccccc1)C(=O)NC1CC1)c1cc(C(F)(F)F)cc(C(F)(F)F)c1. The van der Waals surface area contributed by atoms with Crippen LogP contribution in [-0.4, -0.2) is 23.9 Å². The summed E-state index contributed by atoms with van der Waals surface area (Å²) in [6.45, 7) is 0. The third-order valence-corrected chi connectivity index (χ3v) is 4.68. The Morgan fingerprint density at radius 3 is 1.94 bits per heavy atom. The van der Waals surface area contributed by atoms with Crippen molar-refractivity contribution in [3.63, 3.8) is 0 Å². The lowest BCUT2D eigenvalue weighted by Gasteiger charge is -2.20. The van der Waals surface area contributed by atoms with Gasteiger partial charge in [0.05, 0.1) is 11.1 Å². The van der Waals surface area contributed by atoms with Gasteiger partial charge in [0, 0.05) is 18.0 Å². The zero-order valence-corrected chi connectivity index (χ0v) is 16.0. The number of hydrogen-bond donors (Lipinski definition) is 2. The van der Waals surface area contributed by atoms with Crippen LogP contribution in [-0.2, 0) is 23.6 Å². The summed E-state index contributed by atoms with van der Waals surface area (Å²) < 4.78 is 78.4. The topological polar surface area (TPSA) is 58.2 Å². The molecular formula is C21H18F6N2O2. The number of halogens is 6. The van der Waals surface area contributed by atoms with Gasteiger partial charge in [-0.05, 0) is 36.6 Å². The van der Waals surface area contributed by atoms with Crippen molar-refractivity contribution in [2.45, 2.75) is 43.7 Å². The lowest BCUT2D eigenvalue weighted by molar-refractivity contribution is -0.143. The second-order valence-electron chi connectivity index (χ2n) is 7.29. The van der Waals surface area contributed by atoms with E-state index >= 15 is 0 Å². The van der Waals surface area contributed by atoms with Crippen molar-refractivity contribution in [3.8, 4) is 0 Å². The van der Waals surface area contributed by atoms with Crippen LogP contribution >= 0.6 is 0 Å². The summed E-state index contributed by atoms with van der Waals surface area (Å²) >= 11 is 0. The molecule has 1 atom stereocenters. The third kappa shape index (κ3) is 6.22.